The molecule has 0 saturated carbocycles. The average molecular weight is 432 g/mol. The molecule has 4 rings (SSSR count). The molecule has 0 bridgehead atoms. The number of rotatable bonds is 7. The highest BCUT2D eigenvalue weighted by Crippen LogP contribution is 2.28. The molecule has 1 saturated heterocycles. The second kappa shape index (κ2) is 10.1. The summed E-state index contributed by atoms with van der Waals surface area (Å²) in [5, 5.41) is 5.71. The lowest BCUT2D eigenvalue weighted by atomic mass is 10.1. The maximum atomic E-state index is 14.0. The lowest BCUT2D eigenvalue weighted by molar-refractivity contribution is 0.0953. The molecule has 3 aromatic rings. The van der Waals surface area contributed by atoms with Crippen LogP contribution < -0.4 is 15.5 Å². The van der Waals surface area contributed by atoms with Crippen molar-refractivity contribution >= 4 is 23.2 Å². The molecule has 1 heterocycles. The minimum absolute atomic E-state index is 0.0371. The number of nitrogens with zero attached hydrogens (tertiary/aromatic N) is 1. The van der Waals surface area contributed by atoms with Crippen LogP contribution in [0.2, 0.25) is 0 Å². The Bertz CT molecular complexity index is 1100. The van der Waals surface area contributed by atoms with Crippen molar-refractivity contribution in [1.29, 1.82) is 0 Å². The molecule has 0 radical (unpaired) electrons. The lowest BCUT2D eigenvalue weighted by Crippen LogP contribution is -2.29. The first-order valence-electron chi connectivity index (χ1n) is 10.9. The molecular formula is C26H26FN3O2. The van der Waals surface area contributed by atoms with Gasteiger partial charge >= 0.3 is 0 Å². The van der Waals surface area contributed by atoms with Gasteiger partial charge in [0.05, 0.1) is 11.1 Å². The summed E-state index contributed by atoms with van der Waals surface area (Å²) >= 11 is 0. The number of anilines is 2. The first-order chi connectivity index (χ1) is 15.6. The van der Waals surface area contributed by atoms with Crippen molar-refractivity contribution in [3.8, 4) is 0 Å². The van der Waals surface area contributed by atoms with Crippen LogP contribution in [0.15, 0.2) is 72.8 Å². The fourth-order valence-electron chi connectivity index (χ4n) is 3.93. The van der Waals surface area contributed by atoms with E-state index in [1.807, 2.05) is 36.4 Å². The molecule has 0 unspecified atom stereocenters. The van der Waals surface area contributed by atoms with Gasteiger partial charge in [-0.05, 0) is 55.2 Å². The highest BCUT2D eigenvalue weighted by molar-refractivity contribution is 6.06. The highest BCUT2D eigenvalue weighted by atomic mass is 19.1. The number of carbonyl (C=O) groups excluding carboxylic acids is 2. The van der Waals surface area contributed by atoms with Crippen LogP contribution in [0.25, 0.3) is 0 Å². The maximum Gasteiger partial charge on any atom is 0.258 e. The summed E-state index contributed by atoms with van der Waals surface area (Å²) in [5.41, 5.74) is 2.92. The Balaban J connectivity index is 1.52. The third-order valence-electron chi connectivity index (χ3n) is 5.61. The Labute approximate surface area is 187 Å². The summed E-state index contributed by atoms with van der Waals surface area (Å²) in [6, 6.07) is 21.1. The van der Waals surface area contributed by atoms with E-state index in [4.69, 9.17) is 0 Å². The Hall–Kier alpha value is -3.67. The van der Waals surface area contributed by atoms with Crippen LogP contribution in [-0.2, 0) is 6.42 Å². The van der Waals surface area contributed by atoms with E-state index in [9.17, 15) is 14.0 Å². The Morgan fingerprint density at radius 2 is 1.56 bits per heavy atom. The standard InChI is InChI=1S/C26H26FN3O2/c27-23-11-5-4-10-21(23)26(32)29-20-12-13-24(30-16-6-7-17-30)22(18-20)25(31)28-15-14-19-8-2-1-3-9-19/h1-5,8-13,18H,6-7,14-17H2,(H,28,31)(H,29,32). The van der Waals surface area contributed by atoms with Crippen molar-refractivity contribution in [3.63, 3.8) is 0 Å². The maximum absolute atomic E-state index is 14.0. The number of halogens is 1. The first-order valence-corrected chi connectivity index (χ1v) is 10.9. The highest BCUT2D eigenvalue weighted by Gasteiger charge is 2.21. The van der Waals surface area contributed by atoms with Crippen molar-refractivity contribution in [2.24, 2.45) is 0 Å². The summed E-state index contributed by atoms with van der Waals surface area (Å²) < 4.78 is 14.0. The van der Waals surface area contributed by atoms with Gasteiger partial charge in [0, 0.05) is 31.0 Å². The average Bonchev–Trinajstić information content (AvgIpc) is 3.35. The van der Waals surface area contributed by atoms with Gasteiger partial charge in [-0.15, -0.1) is 0 Å². The quantitative estimate of drug-likeness (QED) is 0.572. The van der Waals surface area contributed by atoms with Crippen LogP contribution in [-0.4, -0.2) is 31.4 Å². The molecule has 6 heteroatoms. The number of carbonyl (C=O) groups is 2. The molecule has 1 fully saturated rings. The largest absolute Gasteiger partial charge is 0.371 e. The van der Waals surface area contributed by atoms with Crippen LogP contribution in [0, 0.1) is 5.82 Å². The molecule has 32 heavy (non-hydrogen) atoms. The molecule has 164 valence electrons. The first kappa shape index (κ1) is 21.6. The van der Waals surface area contributed by atoms with E-state index < -0.39 is 11.7 Å². The van der Waals surface area contributed by atoms with E-state index in [0.29, 0.717) is 17.8 Å². The second-order valence-corrected chi connectivity index (χ2v) is 7.85. The van der Waals surface area contributed by atoms with Crippen LogP contribution in [0.5, 0.6) is 0 Å². The van der Waals surface area contributed by atoms with Crippen molar-refractivity contribution in [2.45, 2.75) is 19.3 Å². The third-order valence-corrected chi connectivity index (χ3v) is 5.61. The summed E-state index contributed by atoms with van der Waals surface area (Å²) in [6.45, 7) is 2.30. The van der Waals surface area contributed by atoms with Gasteiger partial charge in [-0.3, -0.25) is 9.59 Å². The predicted molar refractivity (Wildman–Crippen MR) is 125 cm³/mol. The minimum atomic E-state index is -0.586. The van der Waals surface area contributed by atoms with Crippen molar-refractivity contribution in [3.05, 3.63) is 95.3 Å². The fraction of sp³-hybridized carbons (Fsp3) is 0.231. The van der Waals surface area contributed by atoms with E-state index in [-0.39, 0.29) is 11.5 Å². The van der Waals surface area contributed by atoms with Crippen LogP contribution in [0.4, 0.5) is 15.8 Å². The number of amides is 2. The Morgan fingerprint density at radius 3 is 2.31 bits per heavy atom. The molecule has 5 nitrogen and oxygen atoms in total. The van der Waals surface area contributed by atoms with Gasteiger partial charge in [0.25, 0.3) is 11.8 Å². The smallest absolute Gasteiger partial charge is 0.258 e. The monoisotopic (exact) mass is 431 g/mol. The van der Waals surface area contributed by atoms with Crippen molar-refractivity contribution in [2.75, 3.05) is 29.9 Å². The lowest BCUT2D eigenvalue weighted by Gasteiger charge is -2.22. The van der Waals surface area contributed by atoms with Gasteiger partial charge in [0.2, 0.25) is 0 Å². The van der Waals surface area contributed by atoms with E-state index >= 15 is 0 Å². The number of nitrogens with one attached hydrogen (secondary N) is 2. The Kier molecular flexibility index (Phi) is 6.80. The zero-order valence-electron chi connectivity index (χ0n) is 17.8. The molecule has 1 aliphatic rings. The summed E-state index contributed by atoms with van der Waals surface area (Å²) in [5.74, 6) is -1.32. The van der Waals surface area contributed by atoms with Crippen LogP contribution in [0.3, 0.4) is 0 Å². The molecule has 0 aromatic heterocycles. The number of benzene rings is 3. The second-order valence-electron chi connectivity index (χ2n) is 7.85. The minimum Gasteiger partial charge on any atom is -0.371 e. The van der Waals surface area contributed by atoms with E-state index in [2.05, 4.69) is 15.5 Å². The molecule has 3 aromatic carbocycles. The number of hydrogen-bond donors (Lipinski definition) is 2. The van der Waals surface area contributed by atoms with Gasteiger partial charge in [0.1, 0.15) is 5.82 Å². The van der Waals surface area contributed by atoms with Crippen LogP contribution >= 0.6 is 0 Å². The Morgan fingerprint density at radius 1 is 0.844 bits per heavy atom. The molecule has 0 spiro atoms. The van der Waals surface area contributed by atoms with E-state index in [1.165, 1.54) is 18.2 Å². The van der Waals surface area contributed by atoms with Crippen molar-refractivity contribution in [1.82, 2.24) is 5.32 Å². The molecular weight excluding hydrogens is 405 g/mol. The van der Waals surface area contributed by atoms with E-state index in [1.54, 1.807) is 18.2 Å². The van der Waals surface area contributed by atoms with E-state index in [0.717, 1.165) is 43.6 Å². The molecule has 1 aliphatic heterocycles. The predicted octanol–water partition coefficient (Wildman–Crippen LogP) is 4.65. The SMILES string of the molecule is O=C(Nc1ccc(N2CCCC2)c(C(=O)NCCc2ccccc2)c1)c1ccccc1F. The van der Waals surface area contributed by atoms with Gasteiger partial charge in [-0.1, -0.05) is 42.5 Å². The molecule has 0 atom stereocenters. The third kappa shape index (κ3) is 5.14. The van der Waals surface area contributed by atoms with Crippen LogP contribution in [0.1, 0.15) is 39.1 Å². The summed E-state index contributed by atoms with van der Waals surface area (Å²) in [7, 11) is 0. The summed E-state index contributed by atoms with van der Waals surface area (Å²) in [4.78, 5) is 27.8. The molecule has 0 aliphatic carbocycles. The molecule has 2 N–H and O–H groups in total. The normalized spacial score (nSPS) is 13.1. The van der Waals surface area contributed by atoms with Gasteiger partial charge in [-0.2, -0.15) is 0 Å². The summed E-state index contributed by atoms with van der Waals surface area (Å²) in [6.07, 6.45) is 2.90. The topological polar surface area (TPSA) is 61.4 Å². The van der Waals surface area contributed by atoms with Gasteiger partial charge in [-0.25, -0.2) is 4.39 Å². The van der Waals surface area contributed by atoms with Gasteiger partial charge < -0.3 is 15.5 Å². The van der Waals surface area contributed by atoms with Gasteiger partial charge in [0.15, 0.2) is 0 Å². The molecule has 2 amide bonds. The zero-order chi connectivity index (χ0) is 22.3. The number of hydrogen-bond acceptors (Lipinski definition) is 3. The fourth-order valence-corrected chi connectivity index (χ4v) is 3.93. The van der Waals surface area contributed by atoms with Crippen molar-refractivity contribution < 1.29 is 14.0 Å². The zero-order valence-corrected chi connectivity index (χ0v) is 17.8.